The number of hydrogen-bond donors (Lipinski definition) is 1. The Kier molecular flexibility index (Phi) is 13.6. The van der Waals surface area contributed by atoms with E-state index in [2.05, 4.69) is 42.6 Å². The van der Waals surface area contributed by atoms with Gasteiger partial charge in [-0.1, -0.05) is 42.5 Å². The summed E-state index contributed by atoms with van der Waals surface area (Å²) in [5.74, 6) is 1.83. The summed E-state index contributed by atoms with van der Waals surface area (Å²) >= 11 is 0. The molecular formula is C50H56BN5O7. The first kappa shape index (κ1) is 44.9. The summed E-state index contributed by atoms with van der Waals surface area (Å²) in [4.78, 5) is 40.5. The minimum absolute atomic E-state index is 0.0851. The van der Waals surface area contributed by atoms with Crippen LogP contribution in [0.2, 0.25) is 0 Å². The van der Waals surface area contributed by atoms with E-state index >= 15 is 0 Å². The lowest BCUT2D eigenvalue weighted by Crippen LogP contribution is -2.41. The molecule has 326 valence electrons. The molecule has 2 fully saturated rings. The number of ether oxygens (including phenoxy) is 3. The first-order valence-electron chi connectivity index (χ1n) is 21.3. The predicted molar refractivity (Wildman–Crippen MR) is 248 cm³/mol. The van der Waals surface area contributed by atoms with Crippen molar-refractivity contribution in [3.8, 4) is 44.9 Å². The van der Waals surface area contributed by atoms with Crippen molar-refractivity contribution in [1.82, 2.24) is 19.5 Å². The van der Waals surface area contributed by atoms with Crippen LogP contribution in [0.1, 0.15) is 67.8 Å². The molecule has 0 saturated carbocycles. The molecule has 4 aromatic heterocycles. The summed E-state index contributed by atoms with van der Waals surface area (Å²) in [5.41, 5.74) is 13.8. The number of rotatable bonds is 11. The minimum atomic E-state index is -0.307. The predicted octanol–water partition coefficient (Wildman–Crippen LogP) is 8.09. The summed E-state index contributed by atoms with van der Waals surface area (Å²) in [6, 6.07) is 23.0. The lowest BCUT2D eigenvalue weighted by atomic mass is 9.80. The third kappa shape index (κ3) is 10.4. The number of benzene rings is 2. The topological polar surface area (TPSA) is 150 Å². The fourth-order valence-corrected chi connectivity index (χ4v) is 7.56. The molecule has 12 nitrogen and oxygen atoms in total. The van der Waals surface area contributed by atoms with E-state index in [1.807, 2.05) is 104 Å². The fourth-order valence-electron chi connectivity index (χ4n) is 7.56. The molecule has 0 amide bonds. The van der Waals surface area contributed by atoms with Crippen LogP contribution in [0.25, 0.3) is 33.4 Å². The lowest BCUT2D eigenvalue weighted by Gasteiger charge is -2.32. The standard InChI is InChI=1S/C38H38N4O5.C12H18BNO2/c1-24-4-7-29(19-40-24)32-22-42(21-26-12-14-47-15-13-26)23-33(37(32)44)34(43)16-25-5-8-27(9-6-25)31-17-30(20-41-38(31)39)28-10-11-35(45-2)36(18-28)46-3;1-9-6-7-10(8-14-9)13-15-11(2,3)12(4,5)16-13/h4-11,17-20,22-23,26H,12-16,21H2,1-3H3,(H2,39,41);6-8H,1-5H3. The van der Waals surface area contributed by atoms with E-state index in [1.54, 1.807) is 32.8 Å². The Bertz CT molecular complexity index is 2590. The monoisotopic (exact) mass is 849 g/mol. The second-order valence-electron chi connectivity index (χ2n) is 17.2. The van der Waals surface area contributed by atoms with Gasteiger partial charge in [0.15, 0.2) is 22.7 Å². The Labute approximate surface area is 369 Å². The highest BCUT2D eigenvalue weighted by atomic mass is 16.7. The van der Waals surface area contributed by atoms with Gasteiger partial charge >= 0.3 is 7.12 Å². The maximum Gasteiger partial charge on any atom is 0.496 e. The number of nitrogen functional groups attached to an aromatic ring is 1. The molecule has 2 saturated heterocycles. The third-order valence-electron chi connectivity index (χ3n) is 12.1. The lowest BCUT2D eigenvalue weighted by molar-refractivity contribution is 0.00578. The quantitative estimate of drug-likeness (QED) is 0.0996. The van der Waals surface area contributed by atoms with Crippen molar-refractivity contribution >= 4 is 24.2 Å². The van der Waals surface area contributed by atoms with Gasteiger partial charge in [0.25, 0.3) is 0 Å². The average molecular weight is 850 g/mol. The molecule has 2 aliphatic rings. The van der Waals surface area contributed by atoms with Crippen LogP contribution < -0.4 is 26.1 Å². The molecule has 0 bridgehead atoms. The molecule has 2 aromatic carbocycles. The minimum Gasteiger partial charge on any atom is -0.493 e. The van der Waals surface area contributed by atoms with Gasteiger partial charge in [0, 0.05) is 96.3 Å². The fraction of sp³-hybridized carbons (Fsp3) is 0.340. The number of carbonyl (C=O) groups excluding carboxylic acids is 1. The van der Waals surface area contributed by atoms with Crippen LogP contribution in [0.3, 0.4) is 0 Å². The van der Waals surface area contributed by atoms with E-state index in [0.717, 1.165) is 70.7 Å². The summed E-state index contributed by atoms with van der Waals surface area (Å²) in [5, 5.41) is 0. The molecule has 6 aromatic rings. The molecule has 2 N–H and O–H groups in total. The molecule has 0 radical (unpaired) electrons. The van der Waals surface area contributed by atoms with Gasteiger partial charge in [-0.3, -0.25) is 19.6 Å². The van der Waals surface area contributed by atoms with E-state index in [1.165, 1.54) is 0 Å². The van der Waals surface area contributed by atoms with Crippen molar-refractivity contribution in [3.05, 3.63) is 137 Å². The SMILES string of the molecule is COc1ccc(-c2cnc(N)c(-c3ccc(CC(=O)c4cn(CC5CCOCC5)cc(-c5ccc(C)nc5)c4=O)cc3)c2)cc1OC.Cc1ccc(B2OC(C)(C)C(C)(C)O2)cn1. The van der Waals surface area contributed by atoms with Crippen LogP contribution in [0.5, 0.6) is 11.5 Å². The van der Waals surface area contributed by atoms with Crippen LogP contribution in [0.4, 0.5) is 5.82 Å². The van der Waals surface area contributed by atoms with Crippen LogP contribution in [0, 0.1) is 19.8 Å². The second-order valence-corrected chi connectivity index (χ2v) is 17.2. The summed E-state index contributed by atoms with van der Waals surface area (Å²) in [7, 11) is 2.89. The van der Waals surface area contributed by atoms with Gasteiger partial charge in [0.1, 0.15) is 5.82 Å². The number of nitrogens with zero attached hydrogens (tertiary/aromatic N) is 4. The Morgan fingerprint density at radius 2 is 1.37 bits per heavy atom. The third-order valence-corrected chi connectivity index (χ3v) is 12.1. The maximum atomic E-state index is 13.7. The largest absolute Gasteiger partial charge is 0.496 e. The number of methoxy groups -OCH3 is 2. The molecule has 63 heavy (non-hydrogen) atoms. The zero-order valence-electron chi connectivity index (χ0n) is 37.4. The molecule has 0 unspecified atom stereocenters. The first-order chi connectivity index (χ1) is 30.1. The van der Waals surface area contributed by atoms with E-state index in [9.17, 15) is 9.59 Å². The Morgan fingerprint density at radius 3 is 1.98 bits per heavy atom. The summed E-state index contributed by atoms with van der Waals surface area (Å²) < 4.78 is 30.2. The second kappa shape index (κ2) is 19.1. The number of hydrogen-bond acceptors (Lipinski definition) is 11. The number of carbonyl (C=O) groups is 1. The van der Waals surface area contributed by atoms with Gasteiger partial charge in [-0.05, 0) is 107 Å². The normalized spacial score (nSPS) is 15.7. The van der Waals surface area contributed by atoms with Crippen molar-refractivity contribution in [1.29, 1.82) is 0 Å². The van der Waals surface area contributed by atoms with Gasteiger partial charge < -0.3 is 33.8 Å². The first-order valence-corrected chi connectivity index (χ1v) is 21.3. The zero-order chi connectivity index (χ0) is 44.9. The molecule has 2 aliphatic heterocycles. The molecule has 0 spiro atoms. The molecule has 0 aliphatic carbocycles. The smallest absolute Gasteiger partial charge is 0.493 e. The number of anilines is 1. The number of aromatic nitrogens is 4. The van der Waals surface area contributed by atoms with Crippen molar-refractivity contribution in [3.63, 3.8) is 0 Å². The van der Waals surface area contributed by atoms with Crippen LogP contribution in [-0.2, 0) is 27.0 Å². The molecule has 13 heteroatoms. The van der Waals surface area contributed by atoms with E-state index in [-0.39, 0.29) is 41.5 Å². The molecule has 6 heterocycles. The highest BCUT2D eigenvalue weighted by Crippen LogP contribution is 2.37. The highest BCUT2D eigenvalue weighted by Gasteiger charge is 2.51. The number of aryl methyl sites for hydroxylation is 2. The average Bonchev–Trinajstić information content (AvgIpc) is 3.50. The van der Waals surface area contributed by atoms with Gasteiger partial charge in [0.05, 0.1) is 31.0 Å². The van der Waals surface area contributed by atoms with Gasteiger partial charge in [-0.25, -0.2) is 4.98 Å². The number of Topliss-reactive ketones (excluding diaryl/α,β-unsaturated/α-hetero) is 1. The number of ketones is 1. The molecule has 8 rings (SSSR count). The molecular weight excluding hydrogens is 793 g/mol. The van der Waals surface area contributed by atoms with Crippen molar-refractivity contribution in [2.24, 2.45) is 5.92 Å². The highest BCUT2D eigenvalue weighted by molar-refractivity contribution is 6.62. The Morgan fingerprint density at radius 1 is 0.746 bits per heavy atom. The van der Waals surface area contributed by atoms with E-state index in [4.69, 9.17) is 29.3 Å². The summed E-state index contributed by atoms with van der Waals surface area (Å²) in [6.07, 6.45) is 10.8. The van der Waals surface area contributed by atoms with Crippen molar-refractivity contribution in [2.75, 3.05) is 33.2 Å². The van der Waals surface area contributed by atoms with E-state index in [0.29, 0.717) is 40.9 Å². The van der Waals surface area contributed by atoms with E-state index < -0.39 is 0 Å². The van der Waals surface area contributed by atoms with Gasteiger partial charge in [-0.2, -0.15) is 0 Å². The Balaban J connectivity index is 0.000000312. The van der Waals surface area contributed by atoms with Crippen LogP contribution in [0.15, 0.2) is 109 Å². The Hall–Kier alpha value is -6.15. The summed E-state index contributed by atoms with van der Waals surface area (Å²) in [6.45, 7) is 14.2. The zero-order valence-corrected chi connectivity index (χ0v) is 37.4. The van der Waals surface area contributed by atoms with Crippen LogP contribution in [-0.4, -0.2) is 71.1 Å². The van der Waals surface area contributed by atoms with Crippen LogP contribution >= 0.6 is 0 Å². The van der Waals surface area contributed by atoms with Gasteiger partial charge in [0.2, 0.25) is 0 Å². The maximum absolute atomic E-state index is 13.7. The number of nitrogens with two attached hydrogens (primary N) is 1. The van der Waals surface area contributed by atoms with Crippen molar-refractivity contribution in [2.45, 2.75) is 78.6 Å². The van der Waals surface area contributed by atoms with Crippen molar-refractivity contribution < 1.29 is 28.3 Å². The number of pyridine rings is 4. The van der Waals surface area contributed by atoms with Gasteiger partial charge in [-0.15, -0.1) is 0 Å². The molecule has 0 atom stereocenters.